The van der Waals surface area contributed by atoms with Gasteiger partial charge in [-0.2, -0.15) is 0 Å². The van der Waals surface area contributed by atoms with Crippen LogP contribution in [-0.4, -0.2) is 55.2 Å². The van der Waals surface area contributed by atoms with Gasteiger partial charge in [0.15, 0.2) is 5.96 Å². The molecular weight excluding hydrogens is 372 g/mol. The van der Waals surface area contributed by atoms with Gasteiger partial charge in [-0.3, -0.25) is 9.79 Å². The summed E-state index contributed by atoms with van der Waals surface area (Å²) in [4.78, 5) is 29.5. The number of carbonyl (C=O) groups excluding carboxylic acids is 2. The molecule has 0 unspecified atom stereocenters. The maximum atomic E-state index is 11.8. The lowest BCUT2D eigenvalue weighted by atomic mass is 10.1. The number of ether oxygens (including phenoxy) is 2. The van der Waals surface area contributed by atoms with Crippen LogP contribution in [0.25, 0.3) is 0 Å². The number of benzene rings is 1. The van der Waals surface area contributed by atoms with E-state index in [1.807, 2.05) is 30.3 Å². The van der Waals surface area contributed by atoms with Crippen LogP contribution in [0, 0.1) is 0 Å². The van der Waals surface area contributed by atoms with E-state index in [1.54, 1.807) is 11.8 Å². The third-order valence-corrected chi connectivity index (χ3v) is 4.69. The van der Waals surface area contributed by atoms with Crippen LogP contribution in [0.3, 0.4) is 0 Å². The molecule has 0 aromatic heterocycles. The van der Waals surface area contributed by atoms with E-state index in [1.165, 1.54) is 0 Å². The maximum absolute atomic E-state index is 11.8. The molecule has 1 aromatic rings. The number of hydrogen-bond donors (Lipinski definition) is 2. The number of hydrogen-bond acceptors (Lipinski definition) is 5. The summed E-state index contributed by atoms with van der Waals surface area (Å²) < 4.78 is 10.3. The number of rotatable bonds is 9. The lowest BCUT2D eigenvalue weighted by molar-refractivity contribution is -0.145. The van der Waals surface area contributed by atoms with E-state index >= 15 is 0 Å². The highest BCUT2D eigenvalue weighted by atomic mass is 16.6. The Morgan fingerprint density at radius 1 is 1.17 bits per heavy atom. The van der Waals surface area contributed by atoms with Crippen LogP contribution in [0.5, 0.6) is 0 Å². The number of nitrogens with two attached hydrogens (primary N) is 1. The smallest absolute Gasteiger partial charge is 0.409 e. The molecule has 0 saturated carbocycles. The highest BCUT2D eigenvalue weighted by Crippen LogP contribution is 2.11. The van der Waals surface area contributed by atoms with Gasteiger partial charge in [0, 0.05) is 32.1 Å². The Labute approximate surface area is 172 Å². The van der Waals surface area contributed by atoms with Crippen LogP contribution in [0.1, 0.15) is 44.6 Å². The molecule has 160 valence electrons. The first-order valence-corrected chi connectivity index (χ1v) is 10.3. The minimum absolute atomic E-state index is 0.197. The van der Waals surface area contributed by atoms with Crippen LogP contribution >= 0.6 is 0 Å². The zero-order chi connectivity index (χ0) is 20.9. The molecule has 0 spiro atoms. The summed E-state index contributed by atoms with van der Waals surface area (Å²) in [7, 11) is 0. The van der Waals surface area contributed by atoms with Crippen molar-refractivity contribution in [3.63, 3.8) is 0 Å². The number of nitrogens with one attached hydrogen (secondary N) is 1. The largest absolute Gasteiger partial charge is 0.461 e. The first kappa shape index (κ1) is 22.5. The quantitative estimate of drug-likeness (QED) is 0.283. The number of piperidine rings is 1. The lowest BCUT2D eigenvalue weighted by Gasteiger charge is -2.31. The summed E-state index contributed by atoms with van der Waals surface area (Å²) in [6.45, 7) is 4.36. The van der Waals surface area contributed by atoms with Crippen LogP contribution in [-0.2, 0) is 20.9 Å². The summed E-state index contributed by atoms with van der Waals surface area (Å²) >= 11 is 0. The fourth-order valence-corrected chi connectivity index (χ4v) is 3.07. The molecule has 8 nitrogen and oxygen atoms in total. The Kier molecular flexibility index (Phi) is 9.82. The van der Waals surface area contributed by atoms with E-state index in [2.05, 4.69) is 10.3 Å². The van der Waals surface area contributed by atoms with Crippen molar-refractivity contribution in [2.24, 2.45) is 10.7 Å². The van der Waals surface area contributed by atoms with Gasteiger partial charge in [0.05, 0.1) is 6.61 Å². The maximum Gasteiger partial charge on any atom is 0.409 e. The number of nitrogens with zero attached hydrogens (tertiary/aromatic N) is 2. The molecule has 0 atom stereocenters. The van der Waals surface area contributed by atoms with Crippen molar-refractivity contribution in [2.75, 3.05) is 26.2 Å². The summed E-state index contributed by atoms with van der Waals surface area (Å²) in [5.41, 5.74) is 6.93. The highest BCUT2D eigenvalue weighted by molar-refractivity contribution is 5.78. The lowest BCUT2D eigenvalue weighted by Crippen LogP contribution is -2.48. The second-order valence-electron chi connectivity index (χ2n) is 6.97. The molecular formula is C21H32N4O4. The average molecular weight is 405 g/mol. The average Bonchev–Trinajstić information content (AvgIpc) is 2.73. The minimum atomic E-state index is -0.255. The van der Waals surface area contributed by atoms with Gasteiger partial charge >= 0.3 is 12.1 Å². The van der Waals surface area contributed by atoms with E-state index in [4.69, 9.17) is 15.2 Å². The van der Waals surface area contributed by atoms with Gasteiger partial charge in [0.25, 0.3) is 0 Å². The van der Waals surface area contributed by atoms with Crippen molar-refractivity contribution in [2.45, 2.75) is 51.7 Å². The van der Waals surface area contributed by atoms with Crippen LogP contribution in [0.2, 0.25) is 0 Å². The predicted molar refractivity (Wildman–Crippen MR) is 111 cm³/mol. The van der Waals surface area contributed by atoms with Gasteiger partial charge in [-0.25, -0.2) is 4.79 Å². The fourth-order valence-electron chi connectivity index (χ4n) is 3.07. The number of carbonyl (C=O) groups is 2. The molecule has 1 fully saturated rings. The van der Waals surface area contributed by atoms with Crippen molar-refractivity contribution >= 4 is 18.0 Å². The highest BCUT2D eigenvalue weighted by Gasteiger charge is 2.23. The van der Waals surface area contributed by atoms with Gasteiger partial charge in [0.1, 0.15) is 6.61 Å². The molecule has 1 saturated heterocycles. The third-order valence-electron chi connectivity index (χ3n) is 4.69. The van der Waals surface area contributed by atoms with Crippen molar-refractivity contribution < 1.29 is 19.1 Å². The molecule has 8 heteroatoms. The molecule has 2 rings (SSSR count). The number of unbranched alkanes of at least 4 members (excludes halogenated alkanes) is 1. The first-order chi connectivity index (χ1) is 14.1. The summed E-state index contributed by atoms with van der Waals surface area (Å²) in [6, 6.07) is 9.83. The molecule has 29 heavy (non-hydrogen) atoms. The molecule has 3 N–H and O–H groups in total. The van der Waals surface area contributed by atoms with Gasteiger partial charge in [-0.15, -0.1) is 0 Å². The van der Waals surface area contributed by atoms with E-state index in [0.717, 1.165) is 24.8 Å². The normalized spacial score (nSPS) is 15.1. The number of amides is 1. The van der Waals surface area contributed by atoms with E-state index < -0.39 is 0 Å². The Bertz CT molecular complexity index is 658. The minimum Gasteiger partial charge on any atom is -0.461 e. The Balaban J connectivity index is 1.54. The summed E-state index contributed by atoms with van der Waals surface area (Å²) in [6.07, 6.45) is 3.22. The fraction of sp³-hybridized carbons (Fsp3) is 0.571. The number of aliphatic imine (C=N–C) groups is 1. The topological polar surface area (TPSA) is 106 Å². The molecule has 0 aliphatic carbocycles. The molecule has 1 amide bonds. The Hall–Kier alpha value is -2.77. The summed E-state index contributed by atoms with van der Waals surface area (Å²) in [5.74, 6) is 0.212. The Morgan fingerprint density at radius 3 is 2.59 bits per heavy atom. The van der Waals surface area contributed by atoms with E-state index in [-0.39, 0.29) is 18.1 Å². The van der Waals surface area contributed by atoms with Gasteiger partial charge in [-0.1, -0.05) is 30.3 Å². The zero-order valence-electron chi connectivity index (χ0n) is 17.1. The molecule has 1 aromatic carbocycles. The van der Waals surface area contributed by atoms with Crippen molar-refractivity contribution in [3.05, 3.63) is 35.9 Å². The van der Waals surface area contributed by atoms with Gasteiger partial charge < -0.3 is 25.4 Å². The van der Waals surface area contributed by atoms with Gasteiger partial charge in [0.2, 0.25) is 0 Å². The Morgan fingerprint density at radius 2 is 1.90 bits per heavy atom. The second kappa shape index (κ2) is 12.6. The van der Waals surface area contributed by atoms with Crippen LogP contribution in [0.15, 0.2) is 35.3 Å². The second-order valence-corrected chi connectivity index (χ2v) is 6.97. The van der Waals surface area contributed by atoms with E-state index in [9.17, 15) is 9.59 Å². The standard InChI is InChI=1S/C21H32N4O4/c1-2-28-21(27)25-14-11-18(12-15-25)24-20(22)23-13-7-6-10-19(26)29-16-17-8-4-3-5-9-17/h3-5,8-9,18H,2,6-7,10-16H2,1H3,(H3,22,23,24). The number of likely N-dealkylation sites (tertiary alicyclic amines) is 1. The zero-order valence-corrected chi connectivity index (χ0v) is 17.1. The SMILES string of the molecule is CCOC(=O)N1CCC(NC(N)=NCCCCC(=O)OCc2ccccc2)CC1. The van der Waals surface area contributed by atoms with Crippen LogP contribution in [0.4, 0.5) is 4.79 Å². The third kappa shape index (κ3) is 8.85. The monoisotopic (exact) mass is 404 g/mol. The van der Waals surface area contributed by atoms with Crippen molar-refractivity contribution in [3.8, 4) is 0 Å². The van der Waals surface area contributed by atoms with Gasteiger partial charge in [-0.05, 0) is 38.2 Å². The first-order valence-electron chi connectivity index (χ1n) is 10.3. The molecule has 1 heterocycles. The van der Waals surface area contributed by atoms with Crippen molar-refractivity contribution in [1.82, 2.24) is 10.2 Å². The predicted octanol–water partition coefficient (Wildman–Crippen LogP) is 2.43. The molecule has 0 radical (unpaired) electrons. The molecule has 1 aliphatic heterocycles. The number of esters is 1. The molecule has 1 aliphatic rings. The van der Waals surface area contributed by atoms with E-state index in [0.29, 0.717) is 51.6 Å². The molecule has 0 bridgehead atoms. The number of guanidine groups is 1. The van der Waals surface area contributed by atoms with Crippen molar-refractivity contribution in [1.29, 1.82) is 0 Å². The van der Waals surface area contributed by atoms with Crippen LogP contribution < -0.4 is 11.1 Å². The summed E-state index contributed by atoms with van der Waals surface area (Å²) in [5, 5.41) is 3.21.